The van der Waals surface area contributed by atoms with Crippen LogP contribution < -0.4 is 10.1 Å². The number of amides is 1. The number of aromatic nitrogens is 1. The number of ether oxygens (including phenoxy) is 4. The lowest BCUT2D eigenvalue weighted by Gasteiger charge is -2.32. The second kappa shape index (κ2) is 10.4. The molecule has 4 rings (SSSR count). The maximum absolute atomic E-state index is 14.9. The van der Waals surface area contributed by atoms with Crippen LogP contribution in [0.4, 0.5) is 27.6 Å². The van der Waals surface area contributed by atoms with Crippen LogP contribution in [0.5, 0.6) is 5.75 Å². The first-order valence-corrected chi connectivity index (χ1v) is 11.7. The van der Waals surface area contributed by atoms with Gasteiger partial charge < -0.3 is 24.3 Å². The fourth-order valence-corrected chi connectivity index (χ4v) is 4.47. The zero-order valence-corrected chi connectivity index (χ0v) is 20.6. The van der Waals surface area contributed by atoms with Crippen molar-refractivity contribution in [1.82, 2.24) is 4.98 Å². The van der Waals surface area contributed by atoms with Crippen molar-refractivity contribution in [3.63, 3.8) is 0 Å². The molecule has 206 valence electrons. The molecule has 1 amide bonds. The minimum Gasteiger partial charge on any atom is -0.490 e. The maximum Gasteiger partial charge on any atom is 0.417 e. The van der Waals surface area contributed by atoms with Crippen molar-refractivity contribution >= 4 is 17.6 Å². The summed E-state index contributed by atoms with van der Waals surface area (Å²) < 4.78 is 92.1. The fraction of sp³-hybridized carbons (Fsp3) is 0.480. The molecule has 0 saturated carbocycles. The van der Waals surface area contributed by atoms with Gasteiger partial charge in [0.1, 0.15) is 11.8 Å². The Morgan fingerprint density at radius 1 is 1.18 bits per heavy atom. The van der Waals surface area contributed by atoms with Gasteiger partial charge >= 0.3 is 12.1 Å². The summed E-state index contributed by atoms with van der Waals surface area (Å²) >= 11 is 0. The number of rotatable bonds is 7. The van der Waals surface area contributed by atoms with Crippen molar-refractivity contribution in [1.29, 1.82) is 0 Å². The van der Waals surface area contributed by atoms with Gasteiger partial charge in [0.2, 0.25) is 5.82 Å². The first-order chi connectivity index (χ1) is 17.9. The van der Waals surface area contributed by atoms with Gasteiger partial charge in [0.15, 0.2) is 17.2 Å². The van der Waals surface area contributed by atoms with Crippen LogP contribution in [0.3, 0.4) is 0 Å². The predicted molar refractivity (Wildman–Crippen MR) is 122 cm³/mol. The minimum absolute atomic E-state index is 0.0546. The Labute approximate surface area is 214 Å². The molecular formula is C25H25F5N2O6. The number of nitrogens with one attached hydrogen (secondary N) is 1. The van der Waals surface area contributed by atoms with Gasteiger partial charge in [-0.3, -0.25) is 4.79 Å². The number of carbonyl (C=O) groups excluding carboxylic acids is 2. The summed E-state index contributed by atoms with van der Waals surface area (Å²) in [4.78, 5) is 28.7. The zero-order chi connectivity index (χ0) is 27.8. The molecule has 1 aromatic heterocycles. The lowest BCUT2D eigenvalue weighted by Crippen LogP contribution is -2.47. The van der Waals surface area contributed by atoms with Crippen LogP contribution in [-0.2, 0) is 19.0 Å². The van der Waals surface area contributed by atoms with Crippen LogP contribution in [0.2, 0.25) is 0 Å². The van der Waals surface area contributed by atoms with E-state index in [2.05, 4.69) is 15.0 Å². The Kier molecular flexibility index (Phi) is 7.62. The standard InChI is InChI=1S/C25H25F5N2O6/c1-12-18(15-5-6-16(26)19(27)20(15)37-11-13-9-36-10-13)21(38-24(12,2)25(28,29)30)22(33)32-14-4-7-17(31-8-14)23(34)35-3/h4-8,12-13,18,21H,9-11H2,1-3H3,(H,32,33)/t12-,18-,21+,24+/m0/s1. The molecule has 8 nitrogen and oxygen atoms in total. The third kappa shape index (κ3) is 5.04. The molecular weight excluding hydrogens is 519 g/mol. The van der Waals surface area contributed by atoms with E-state index in [0.717, 1.165) is 32.4 Å². The number of halogens is 5. The highest BCUT2D eigenvalue weighted by Gasteiger charge is 2.66. The second-order valence-electron chi connectivity index (χ2n) is 9.36. The third-order valence-corrected chi connectivity index (χ3v) is 6.96. The van der Waals surface area contributed by atoms with E-state index in [1.165, 1.54) is 19.1 Å². The number of nitrogens with zero attached hydrogens (tertiary/aromatic N) is 1. The summed E-state index contributed by atoms with van der Waals surface area (Å²) in [6, 6.07) is 4.43. The molecule has 3 heterocycles. The van der Waals surface area contributed by atoms with Gasteiger partial charge in [-0.1, -0.05) is 13.0 Å². The Hall–Kier alpha value is -3.32. The van der Waals surface area contributed by atoms with E-state index in [1.54, 1.807) is 0 Å². The Morgan fingerprint density at radius 2 is 1.89 bits per heavy atom. The van der Waals surface area contributed by atoms with Crippen LogP contribution >= 0.6 is 0 Å². The van der Waals surface area contributed by atoms with Gasteiger partial charge in [-0.15, -0.1) is 0 Å². The summed E-state index contributed by atoms with van der Waals surface area (Å²) in [6.45, 7) is 2.66. The molecule has 2 aliphatic rings. The molecule has 1 N–H and O–H groups in total. The van der Waals surface area contributed by atoms with Crippen molar-refractivity contribution in [3.05, 3.63) is 53.4 Å². The summed E-state index contributed by atoms with van der Waals surface area (Å²) in [5, 5.41) is 2.42. The van der Waals surface area contributed by atoms with Gasteiger partial charge in [-0.2, -0.15) is 17.6 Å². The molecule has 1 aromatic carbocycles. The van der Waals surface area contributed by atoms with E-state index in [0.29, 0.717) is 13.2 Å². The summed E-state index contributed by atoms with van der Waals surface area (Å²) in [6.07, 6.45) is -5.55. The average molecular weight is 544 g/mol. The predicted octanol–water partition coefficient (Wildman–Crippen LogP) is 4.25. The van der Waals surface area contributed by atoms with Crippen LogP contribution in [0.25, 0.3) is 0 Å². The molecule has 0 aliphatic carbocycles. The highest BCUT2D eigenvalue weighted by molar-refractivity contribution is 5.95. The summed E-state index contributed by atoms with van der Waals surface area (Å²) in [5.41, 5.74) is -2.93. The number of pyridine rings is 1. The molecule has 2 aromatic rings. The first-order valence-electron chi connectivity index (χ1n) is 11.7. The van der Waals surface area contributed by atoms with Crippen LogP contribution in [0, 0.1) is 23.5 Å². The number of methoxy groups -OCH3 is 1. The highest BCUT2D eigenvalue weighted by atomic mass is 19.4. The molecule has 2 aliphatic heterocycles. The van der Waals surface area contributed by atoms with Gasteiger partial charge in [-0.25, -0.2) is 14.2 Å². The zero-order valence-electron chi connectivity index (χ0n) is 20.6. The number of hydrogen-bond donors (Lipinski definition) is 1. The minimum atomic E-state index is -4.90. The molecule has 2 fully saturated rings. The van der Waals surface area contributed by atoms with E-state index in [9.17, 15) is 31.5 Å². The van der Waals surface area contributed by atoms with Crippen molar-refractivity contribution in [2.75, 3.05) is 32.2 Å². The molecule has 0 spiro atoms. The highest BCUT2D eigenvalue weighted by Crippen LogP contribution is 2.55. The van der Waals surface area contributed by atoms with Crippen molar-refractivity contribution in [2.45, 2.75) is 37.6 Å². The van der Waals surface area contributed by atoms with Gasteiger partial charge in [0.25, 0.3) is 5.91 Å². The number of benzene rings is 1. The van der Waals surface area contributed by atoms with Crippen molar-refractivity contribution < 1.29 is 50.5 Å². The molecule has 0 radical (unpaired) electrons. The SMILES string of the molecule is COC(=O)c1ccc(NC(=O)[C@@H]2O[C@@](C)(C(F)(F)F)[C@@H](C)[C@H]2c2ccc(F)c(F)c2OCC2COC2)cn1. The number of carbonyl (C=O) groups is 2. The van der Waals surface area contributed by atoms with Crippen molar-refractivity contribution in [3.8, 4) is 5.75 Å². The molecule has 38 heavy (non-hydrogen) atoms. The normalized spacial score (nSPS) is 25.5. The summed E-state index contributed by atoms with van der Waals surface area (Å²) in [5.74, 6) is -7.78. The van der Waals surface area contributed by atoms with Gasteiger partial charge in [0, 0.05) is 23.3 Å². The Bertz CT molecular complexity index is 1200. The van der Waals surface area contributed by atoms with E-state index in [1.807, 2.05) is 0 Å². The average Bonchev–Trinajstić information content (AvgIpc) is 3.12. The monoisotopic (exact) mass is 544 g/mol. The smallest absolute Gasteiger partial charge is 0.417 e. The quantitative estimate of drug-likeness (QED) is 0.411. The van der Waals surface area contributed by atoms with E-state index in [4.69, 9.17) is 14.2 Å². The van der Waals surface area contributed by atoms with E-state index < -0.39 is 59.0 Å². The third-order valence-electron chi connectivity index (χ3n) is 6.96. The molecule has 0 unspecified atom stereocenters. The molecule has 13 heteroatoms. The van der Waals surface area contributed by atoms with Crippen molar-refractivity contribution in [2.24, 2.45) is 11.8 Å². The van der Waals surface area contributed by atoms with Crippen LogP contribution in [0.1, 0.15) is 35.8 Å². The number of alkyl halides is 3. The first kappa shape index (κ1) is 27.7. The number of esters is 1. The number of anilines is 1. The van der Waals surface area contributed by atoms with E-state index in [-0.39, 0.29) is 29.5 Å². The lowest BCUT2D eigenvalue weighted by atomic mass is 9.77. The molecule has 0 bridgehead atoms. The molecule has 2 saturated heterocycles. The van der Waals surface area contributed by atoms with Crippen LogP contribution in [0.15, 0.2) is 30.5 Å². The lowest BCUT2D eigenvalue weighted by molar-refractivity contribution is -0.272. The largest absolute Gasteiger partial charge is 0.490 e. The van der Waals surface area contributed by atoms with Gasteiger partial charge in [-0.05, 0) is 25.1 Å². The van der Waals surface area contributed by atoms with Crippen LogP contribution in [-0.4, -0.2) is 61.7 Å². The summed E-state index contributed by atoms with van der Waals surface area (Å²) in [7, 11) is 1.16. The second-order valence-corrected chi connectivity index (χ2v) is 9.36. The topological polar surface area (TPSA) is 96.0 Å². The Balaban J connectivity index is 1.70. The Morgan fingerprint density at radius 3 is 2.45 bits per heavy atom. The fourth-order valence-electron chi connectivity index (χ4n) is 4.47. The van der Waals surface area contributed by atoms with Gasteiger partial charge in [0.05, 0.1) is 38.8 Å². The van der Waals surface area contributed by atoms with E-state index >= 15 is 0 Å². The maximum atomic E-state index is 14.9. The number of hydrogen-bond acceptors (Lipinski definition) is 7. The molecule has 4 atom stereocenters.